The molecule has 0 fully saturated rings. The molecule has 1 N–H and O–H groups in total. The molecular formula is C19H21NO5S. The number of sulfonamides is 1. The molecule has 0 radical (unpaired) electrons. The highest BCUT2D eigenvalue weighted by atomic mass is 32.2. The summed E-state index contributed by atoms with van der Waals surface area (Å²) in [7, 11) is -3.54. The van der Waals surface area contributed by atoms with E-state index in [0.29, 0.717) is 11.5 Å². The standard InChI is InChI=1S/C19H21NO5S/c1-13(2)14-8-10-15(11-9-14)18(21)12-25-19(22)16-6-4-5-7-17(16)20-26(3,23)24/h4-11,13,20H,12H2,1-3H3. The van der Waals surface area contributed by atoms with Gasteiger partial charge in [0.25, 0.3) is 0 Å². The van der Waals surface area contributed by atoms with E-state index in [2.05, 4.69) is 18.6 Å². The third-order valence-corrected chi connectivity index (χ3v) is 4.27. The third-order valence-electron chi connectivity index (χ3n) is 3.68. The molecule has 6 nitrogen and oxygen atoms in total. The number of hydrogen-bond acceptors (Lipinski definition) is 5. The zero-order chi connectivity index (χ0) is 19.3. The molecule has 0 unspecified atom stereocenters. The first-order chi connectivity index (χ1) is 12.2. The summed E-state index contributed by atoms with van der Waals surface area (Å²) < 4.78 is 30.1. The van der Waals surface area contributed by atoms with Crippen molar-refractivity contribution in [1.29, 1.82) is 0 Å². The molecule has 0 aliphatic carbocycles. The van der Waals surface area contributed by atoms with E-state index in [-0.39, 0.29) is 17.0 Å². The summed E-state index contributed by atoms with van der Waals surface area (Å²) in [6.07, 6.45) is 0.986. The molecule has 0 heterocycles. The first kappa shape index (κ1) is 19.7. The number of Topliss-reactive ketones (excluding diaryl/α,β-unsaturated/α-hetero) is 1. The van der Waals surface area contributed by atoms with Crippen LogP contribution in [-0.2, 0) is 14.8 Å². The summed E-state index contributed by atoms with van der Waals surface area (Å²) in [5.41, 5.74) is 1.71. The van der Waals surface area contributed by atoms with Crippen LogP contribution in [0.3, 0.4) is 0 Å². The van der Waals surface area contributed by atoms with Crippen molar-refractivity contribution in [3.8, 4) is 0 Å². The minimum atomic E-state index is -3.54. The second-order valence-electron chi connectivity index (χ2n) is 6.20. The van der Waals surface area contributed by atoms with Crippen LogP contribution in [0.4, 0.5) is 5.69 Å². The molecular weight excluding hydrogens is 354 g/mol. The summed E-state index contributed by atoms with van der Waals surface area (Å²) in [6, 6.07) is 13.2. The number of carbonyl (C=O) groups is 2. The van der Waals surface area contributed by atoms with Crippen molar-refractivity contribution in [3.63, 3.8) is 0 Å². The summed E-state index contributed by atoms with van der Waals surface area (Å²) in [5, 5.41) is 0. The molecule has 0 aliphatic heterocycles. The van der Waals surface area contributed by atoms with Gasteiger partial charge in [-0.3, -0.25) is 9.52 Å². The van der Waals surface area contributed by atoms with Gasteiger partial charge >= 0.3 is 5.97 Å². The van der Waals surface area contributed by atoms with Gasteiger partial charge < -0.3 is 4.74 Å². The van der Waals surface area contributed by atoms with Gasteiger partial charge in [0.2, 0.25) is 10.0 Å². The van der Waals surface area contributed by atoms with E-state index < -0.39 is 22.6 Å². The highest BCUT2D eigenvalue weighted by Gasteiger charge is 2.17. The molecule has 0 aromatic heterocycles. The van der Waals surface area contributed by atoms with Crippen LogP contribution in [-0.4, -0.2) is 33.0 Å². The number of ketones is 1. The number of nitrogens with one attached hydrogen (secondary N) is 1. The molecule has 0 spiro atoms. The van der Waals surface area contributed by atoms with Crippen LogP contribution >= 0.6 is 0 Å². The van der Waals surface area contributed by atoms with Crippen molar-refractivity contribution in [2.75, 3.05) is 17.6 Å². The molecule has 2 aromatic carbocycles. The third kappa shape index (κ3) is 5.42. The molecule has 0 saturated carbocycles. The predicted octanol–water partition coefficient (Wildman–Crippen LogP) is 3.22. The van der Waals surface area contributed by atoms with Gasteiger partial charge in [-0.05, 0) is 23.6 Å². The van der Waals surface area contributed by atoms with Crippen LogP contribution in [0.15, 0.2) is 48.5 Å². The van der Waals surface area contributed by atoms with Gasteiger partial charge in [0, 0.05) is 5.56 Å². The van der Waals surface area contributed by atoms with E-state index in [1.54, 1.807) is 24.3 Å². The Hall–Kier alpha value is -2.67. The van der Waals surface area contributed by atoms with Gasteiger partial charge in [-0.1, -0.05) is 50.2 Å². The number of para-hydroxylation sites is 1. The quantitative estimate of drug-likeness (QED) is 0.593. The molecule has 7 heteroatoms. The van der Waals surface area contributed by atoms with Crippen molar-refractivity contribution < 1.29 is 22.7 Å². The Morgan fingerprint density at radius 1 is 1.04 bits per heavy atom. The Labute approximate surface area is 153 Å². The number of anilines is 1. The van der Waals surface area contributed by atoms with E-state index in [9.17, 15) is 18.0 Å². The summed E-state index contributed by atoms with van der Waals surface area (Å²) >= 11 is 0. The SMILES string of the molecule is CC(C)c1ccc(C(=O)COC(=O)c2ccccc2NS(C)(=O)=O)cc1. The molecule has 0 atom stereocenters. The highest BCUT2D eigenvalue weighted by Crippen LogP contribution is 2.18. The Kier molecular flexibility index (Phi) is 6.15. The molecule has 0 aliphatic rings. The van der Waals surface area contributed by atoms with E-state index in [4.69, 9.17) is 4.74 Å². The average molecular weight is 375 g/mol. The monoisotopic (exact) mass is 375 g/mol. The molecule has 26 heavy (non-hydrogen) atoms. The Bertz CT molecular complexity index is 902. The normalized spacial score (nSPS) is 11.2. The fourth-order valence-electron chi connectivity index (χ4n) is 2.30. The van der Waals surface area contributed by atoms with Crippen LogP contribution in [0.25, 0.3) is 0 Å². The van der Waals surface area contributed by atoms with Crippen LogP contribution < -0.4 is 4.72 Å². The Morgan fingerprint density at radius 2 is 1.65 bits per heavy atom. The molecule has 0 amide bonds. The van der Waals surface area contributed by atoms with Gasteiger partial charge in [-0.25, -0.2) is 13.2 Å². The van der Waals surface area contributed by atoms with E-state index in [1.165, 1.54) is 12.1 Å². The maximum Gasteiger partial charge on any atom is 0.340 e. The fourth-order valence-corrected chi connectivity index (χ4v) is 2.87. The lowest BCUT2D eigenvalue weighted by Crippen LogP contribution is -2.17. The van der Waals surface area contributed by atoms with Gasteiger partial charge in [-0.15, -0.1) is 0 Å². The summed E-state index contributed by atoms with van der Waals surface area (Å²) in [5.74, 6) is -0.748. The molecule has 0 bridgehead atoms. The maximum atomic E-state index is 12.2. The first-order valence-corrected chi connectivity index (χ1v) is 9.93. The number of rotatable bonds is 7. The first-order valence-electron chi connectivity index (χ1n) is 8.04. The van der Waals surface area contributed by atoms with Crippen LogP contribution in [0, 0.1) is 0 Å². The minimum absolute atomic E-state index is 0.0425. The lowest BCUT2D eigenvalue weighted by molar-refractivity contribution is 0.0476. The predicted molar refractivity (Wildman–Crippen MR) is 100 cm³/mol. The van der Waals surface area contributed by atoms with Crippen molar-refractivity contribution in [2.45, 2.75) is 19.8 Å². The number of benzene rings is 2. The average Bonchev–Trinajstić information content (AvgIpc) is 2.58. The maximum absolute atomic E-state index is 12.2. The van der Waals surface area contributed by atoms with E-state index >= 15 is 0 Å². The highest BCUT2D eigenvalue weighted by molar-refractivity contribution is 7.92. The van der Waals surface area contributed by atoms with E-state index in [0.717, 1.165) is 11.8 Å². The number of esters is 1. The second-order valence-corrected chi connectivity index (χ2v) is 7.94. The second kappa shape index (κ2) is 8.14. The number of carbonyl (C=O) groups excluding carboxylic acids is 2. The Morgan fingerprint density at radius 3 is 2.23 bits per heavy atom. The lowest BCUT2D eigenvalue weighted by atomic mass is 10.0. The van der Waals surface area contributed by atoms with Gasteiger partial charge in [0.05, 0.1) is 17.5 Å². The van der Waals surface area contributed by atoms with Crippen LogP contribution in [0.1, 0.15) is 46.0 Å². The minimum Gasteiger partial charge on any atom is -0.454 e. The molecule has 0 saturated heterocycles. The summed E-state index contributed by atoms with van der Waals surface area (Å²) in [6.45, 7) is 3.69. The lowest BCUT2D eigenvalue weighted by Gasteiger charge is -2.10. The van der Waals surface area contributed by atoms with Crippen LogP contribution in [0.2, 0.25) is 0 Å². The van der Waals surface area contributed by atoms with Crippen molar-refractivity contribution in [3.05, 3.63) is 65.2 Å². The fraction of sp³-hybridized carbons (Fsp3) is 0.263. The van der Waals surface area contributed by atoms with Crippen molar-refractivity contribution in [1.82, 2.24) is 0 Å². The largest absolute Gasteiger partial charge is 0.454 e. The van der Waals surface area contributed by atoms with Gasteiger partial charge in [0.1, 0.15) is 0 Å². The molecule has 138 valence electrons. The smallest absolute Gasteiger partial charge is 0.340 e. The zero-order valence-electron chi connectivity index (χ0n) is 14.9. The number of ether oxygens (including phenoxy) is 1. The topological polar surface area (TPSA) is 89.5 Å². The molecule has 2 rings (SSSR count). The Balaban J connectivity index is 2.06. The van der Waals surface area contributed by atoms with Crippen LogP contribution in [0.5, 0.6) is 0 Å². The summed E-state index contributed by atoms with van der Waals surface area (Å²) in [4.78, 5) is 24.4. The van der Waals surface area contributed by atoms with Gasteiger partial charge in [-0.2, -0.15) is 0 Å². The van der Waals surface area contributed by atoms with Gasteiger partial charge in [0.15, 0.2) is 12.4 Å². The van der Waals surface area contributed by atoms with Crippen molar-refractivity contribution >= 4 is 27.5 Å². The molecule has 2 aromatic rings. The number of hydrogen-bond donors (Lipinski definition) is 1. The van der Waals surface area contributed by atoms with E-state index in [1.807, 2.05) is 12.1 Å². The zero-order valence-corrected chi connectivity index (χ0v) is 15.7. The van der Waals surface area contributed by atoms with Crippen molar-refractivity contribution in [2.24, 2.45) is 0 Å².